The van der Waals surface area contributed by atoms with E-state index in [1.165, 1.54) is 10.4 Å². The summed E-state index contributed by atoms with van der Waals surface area (Å²) in [6.45, 7) is 4.97. The minimum absolute atomic E-state index is 0.230. The predicted octanol–water partition coefficient (Wildman–Crippen LogP) is 5.69. The molecular formula is C28H30N4O3S3. The number of carbonyl (C=O) groups excluding carboxylic acids is 1. The monoisotopic (exact) mass is 566 g/mol. The molecule has 1 amide bonds. The Morgan fingerprint density at radius 2 is 1.87 bits per heavy atom. The summed E-state index contributed by atoms with van der Waals surface area (Å²) in [5.41, 5.74) is 3.66. The van der Waals surface area contributed by atoms with Crippen molar-refractivity contribution in [3.63, 3.8) is 0 Å². The largest absolute Gasteiger partial charge is 0.313 e. The van der Waals surface area contributed by atoms with Gasteiger partial charge in [-0.25, -0.2) is 13.4 Å². The first-order chi connectivity index (χ1) is 18.3. The minimum Gasteiger partial charge on any atom is -0.313 e. The molecule has 198 valence electrons. The van der Waals surface area contributed by atoms with Crippen molar-refractivity contribution in [1.29, 1.82) is 0 Å². The number of nitrogens with one attached hydrogen (secondary N) is 1. The van der Waals surface area contributed by atoms with Crippen molar-refractivity contribution in [2.75, 3.05) is 32.0 Å². The average Bonchev–Trinajstić information content (AvgIpc) is 3.49. The van der Waals surface area contributed by atoms with E-state index in [2.05, 4.69) is 30.3 Å². The Labute approximate surface area is 231 Å². The number of fused-ring (bicyclic) bond motifs is 2. The highest BCUT2D eigenvalue weighted by atomic mass is 32.2. The number of amides is 1. The Hall–Kier alpha value is -2.63. The molecule has 0 aliphatic carbocycles. The molecule has 0 saturated carbocycles. The maximum absolute atomic E-state index is 13.4. The third-order valence-corrected chi connectivity index (χ3v) is 11.4. The van der Waals surface area contributed by atoms with Gasteiger partial charge in [-0.2, -0.15) is 4.31 Å². The number of sulfonamides is 1. The van der Waals surface area contributed by atoms with Crippen LogP contribution in [0.5, 0.6) is 0 Å². The van der Waals surface area contributed by atoms with Crippen molar-refractivity contribution in [2.45, 2.75) is 37.6 Å². The third kappa shape index (κ3) is 4.80. The molecule has 2 aliphatic heterocycles. The molecule has 1 saturated heterocycles. The molecule has 6 rings (SSSR count). The smallest absolute Gasteiger partial charge is 0.256 e. The van der Waals surface area contributed by atoms with Crippen molar-refractivity contribution in [2.24, 2.45) is 5.92 Å². The second-order valence-corrected chi connectivity index (χ2v) is 14.3. The Morgan fingerprint density at radius 1 is 1.08 bits per heavy atom. The average molecular weight is 567 g/mol. The predicted molar refractivity (Wildman–Crippen MR) is 155 cm³/mol. The van der Waals surface area contributed by atoms with Crippen LogP contribution in [0.25, 0.3) is 20.8 Å². The van der Waals surface area contributed by atoms with Gasteiger partial charge < -0.3 is 10.2 Å². The van der Waals surface area contributed by atoms with Gasteiger partial charge in [-0.1, -0.05) is 19.1 Å². The summed E-state index contributed by atoms with van der Waals surface area (Å²) in [7, 11) is -1.46. The maximum atomic E-state index is 13.4. The quantitative estimate of drug-likeness (QED) is 0.336. The minimum atomic E-state index is -3.57. The van der Waals surface area contributed by atoms with Gasteiger partial charge in [0, 0.05) is 42.2 Å². The number of anilines is 1. The summed E-state index contributed by atoms with van der Waals surface area (Å²) in [5.74, 6) is 0.0967. The Bertz CT molecular complexity index is 1580. The molecule has 10 heteroatoms. The SMILES string of the molecule is C[C@H]1CCCN(S(=O)(=O)c2ccc(C(=O)Nc3sc4c(c3-c3nc5ccccc5s3)CCN(C)C4)cc2)C1. The summed E-state index contributed by atoms with van der Waals surface area (Å²) >= 11 is 3.25. The second kappa shape index (κ2) is 10.2. The number of likely N-dealkylation sites (N-methyl/N-ethyl adjacent to an activating group) is 1. The fourth-order valence-corrected chi connectivity index (χ4v) is 9.32. The van der Waals surface area contributed by atoms with Gasteiger partial charge in [-0.3, -0.25) is 4.79 Å². The van der Waals surface area contributed by atoms with Gasteiger partial charge in [-0.15, -0.1) is 22.7 Å². The van der Waals surface area contributed by atoms with E-state index < -0.39 is 10.0 Å². The Kier molecular flexibility index (Phi) is 6.86. The summed E-state index contributed by atoms with van der Waals surface area (Å²) in [4.78, 5) is 22.0. The third-order valence-electron chi connectivity index (χ3n) is 7.36. The standard InChI is InChI=1S/C28H30N4O3S3/c1-18-6-5-14-32(16-18)38(34,35)20-11-9-19(10-12-20)26(33)30-28-25(21-13-15-31(2)17-24(21)37-28)27-29-22-7-3-4-8-23(22)36-27/h3-4,7-12,18H,5-6,13-17H2,1-2H3,(H,30,33)/t18-/m0/s1. The van der Waals surface area contributed by atoms with Crippen LogP contribution < -0.4 is 5.32 Å². The summed E-state index contributed by atoms with van der Waals surface area (Å²) in [6, 6.07) is 14.4. The van der Waals surface area contributed by atoms with Crippen LogP contribution in [0, 0.1) is 5.92 Å². The van der Waals surface area contributed by atoms with Gasteiger partial charge in [0.15, 0.2) is 0 Å². The molecule has 1 N–H and O–H groups in total. The van der Waals surface area contributed by atoms with Crippen molar-refractivity contribution in [3.05, 3.63) is 64.5 Å². The van der Waals surface area contributed by atoms with E-state index in [9.17, 15) is 13.2 Å². The molecule has 1 fully saturated rings. The van der Waals surface area contributed by atoms with Gasteiger partial charge >= 0.3 is 0 Å². The molecule has 7 nitrogen and oxygen atoms in total. The van der Waals surface area contributed by atoms with Gasteiger partial charge in [0.1, 0.15) is 10.0 Å². The molecular weight excluding hydrogens is 537 g/mol. The van der Waals surface area contributed by atoms with Crippen molar-refractivity contribution in [3.8, 4) is 10.6 Å². The molecule has 0 radical (unpaired) electrons. The van der Waals surface area contributed by atoms with Crippen LogP contribution in [0.15, 0.2) is 53.4 Å². The highest BCUT2D eigenvalue weighted by Gasteiger charge is 2.29. The highest BCUT2D eigenvalue weighted by molar-refractivity contribution is 7.89. The number of benzene rings is 2. The number of aromatic nitrogens is 1. The molecule has 1 atom stereocenters. The van der Waals surface area contributed by atoms with E-state index in [1.807, 2.05) is 18.2 Å². The van der Waals surface area contributed by atoms with E-state index in [0.29, 0.717) is 24.6 Å². The van der Waals surface area contributed by atoms with Crippen molar-refractivity contribution >= 4 is 53.8 Å². The number of thiophene rings is 1. The number of carbonyl (C=O) groups is 1. The van der Waals surface area contributed by atoms with E-state index >= 15 is 0 Å². The topological polar surface area (TPSA) is 82.6 Å². The van der Waals surface area contributed by atoms with Gasteiger partial charge in [-0.05, 0) is 74.2 Å². The molecule has 2 aromatic heterocycles. The lowest BCUT2D eigenvalue weighted by molar-refractivity contribution is 0.102. The second-order valence-electron chi connectivity index (χ2n) is 10.3. The number of rotatable bonds is 5. The fourth-order valence-electron chi connectivity index (χ4n) is 5.29. The van der Waals surface area contributed by atoms with Gasteiger partial charge in [0.25, 0.3) is 5.91 Å². The zero-order chi connectivity index (χ0) is 26.4. The zero-order valence-electron chi connectivity index (χ0n) is 21.4. The normalized spacial score (nSPS) is 18.9. The number of piperidine rings is 1. The highest BCUT2D eigenvalue weighted by Crippen LogP contribution is 2.45. The molecule has 2 aliphatic rings. The lowest BCUT2D eigenvalue weighted by atomic mass is 10.0. The first kappa shape index (κ1) is 25.6. The molecule has 4 aromatic rings. The van der Waals surface area contributed by atoms with Crippen LogP contribution in [0.2, 0.25) is 0 Å². The van der Waals surface area contributed by atoms with E-state index in [-0.39, 0.29) is 10.8 Å². The van der Waals surface area contributed by atoms with E-state index in [1.54, 1.807) is 51.2 Å². The van der Waals surface area contributed by atoms with Gasteiger partial charge in [0.2, 0.25) is 10.0 Å². The first-order valence-electron chi connectivity index (χ1n) is 12.9. The van der Waals surface area contributed by atoms with Crippen molar-refractivity contribution < 1.29 is 13.2 Å². The van der Waals surface area contributed by atoms with Crippen LogP contribution in [-0.4, -0.2) is 55.2 Å². The molecule has 0 spiro atoms. The molecule has 38 heavy (non-hydrogen) atoms. The lowest BCUT2D eigenvalue weighted by Gasteiger charge is -2.30. The van der Waals surface area contributed by atoms with Crippen LogP contribution in [0.3, 0.4) is 0 Å². The van der Waals surface area contributed by atoms with Gasteiger partial charge in [0.05, 0.1) is 15.1 Å². The zero-order valence-corrected chi connectivity index (χ0v) is 23.9. The van der Waals surface area contributed by atoms with E-state index in [0.717, 1.165) is 58.1 Å². The summed E-state index contributed by atoms with van der Waals surface area (Å²) in [5, 5.41) is 4.85. The van der Waals surface area contributed by atoms with Crippen LogP contribution >= 0.6 is 22.7 Å². The first-order valence-corrected chi connectivity index (χ1v) is 16.0. The van der Waals surface area contributed by atoms with Crippen molar-refractivity contribution in [1.82, 2.24) is 14.2 Å². The van der Waals surface area contributed by atoms with Crippen LogP contribution in [-0.2, 0) is 23.0 Å². The van der Waals surface area contributed by atoms with Crippen LogP contribution in [0.1, 0.15) is 40.6 Å². The Morgan fingerprint density at radius 3 is 2.63 bits per heavy atom. The molecule has 2 aromatic carbocycles. The number of para-hydroxylation sites is 1. The maximum Gasteiger partial charge on any atom is 0.256 e. The van der Waals surface area contributed by atoms with Crippen LogP contribution in [0.4, 0.5) is 5.00 Å². The summed E-state index contributed by atoms with van der Waals surface area (Å²) in [6.07, 6.45) is 2.83. The molecule has 0 bridgehead atoms. The number of hydrogen-bond acceptors (Lipinski definition) is 7. The lowest BCUT2D eigenvalue weighted by Crippen LogP contribution is -2.39. The molecule has 0 unspecified atom stereocenters. The fraction of sp³-hybridized carbons (Fsp3) is 0.357. The number of thiazole rings is 1. The number of hydrogen-bond donors (Lipinski definition) is 1. The Balaban J connectivity index is 1.29. The summed E-state index contributed by atoms with van der Waals surface area (Å²) < 4.78 is 29.0. The molecule has 4 heterocycles. The number of nitrogens with zero attached hydrogens (tertiary/aromatic N) is 3. The van der Waals surface area contributed by atoms with E-state index in [4.69, 9.17) is 4.98 Å².